The number of carbonyl (C=O) groups excluding carboxylic acids is 1. The maximum absolute atomic E-state index is 13.0. The van der Waals surface area contributed by atoms with Crippen molar-refractivity contribution in [3.63, 3.8) is 0 Å². The van der Waals surface area contributed by atoms with Crippen molar-refractivity contribution in [1.29, 1.82) is 0 Å². The molecule has 0 radical (unpaired) electrons. The van der Waals surface area contributed by atoms with E-state index in [0.717, 1.165) is 4.47 Å². The normalized spacial score (nSPS) is 17.4. The molecule has 0 aliphatic carbocycles. The second-order valence-corrected chi connectivity index (χ2v) is 12.7. The molecule has 5 rings (SSSR count). The SMILES string of the molecule is O=C(c1ccc(NC2=NS(=O)(=O)c3ccccc32)cc1)N1CCN(S(=O)(=O)c2ccc(Br)cc2)CC1. The highest BCUT2D eigenvalue weighted by Crippen LogP contribution is 2.27. The Morgan fingerprint density at radius 2 is 1.53 bits per heavy atom. The zero-order valence-corrected chi connectivity index (χ0v) is 22.1. The summed E-state index contributed by atoms with van der Waals surface area (Å²) in [6, 6.07) is 19.7. The van der Waals surface area contributed by atoms with Crippen LogP contribution in [0.25, 0.3) is 0 Å². The van der Waals surface area contributed by atoms with Crippen molar-refractivity contribution < 1.29 is 21.6 Å². The van der Waals surface area contributed by atoms with E-state index >= 15 is 0 Å². The fourth-order valence-corrected chi connectivity index (χ4v) is 6.96. The third kappa shape index (κ3) is 4.69. The van der Waals surface area contributed by atoms with Gasteiger partial charge in [0.25, 0.3) is 15.9 Å². The molecule has 0 bridgehead atoms. The number of fused-ring (bicyclic) bond motifs is 1. The first kappa shape index (κ1) is 24.6. The molecule has 1 saturated heterocycles. The van der Waals surface area contributed by atoms with Crippen molar-refractivity contribution in [3.8, 4) is 0 Å². The molecule has 0 aromatic heterocycles. The Labute approximate surface area is 217 Å². The third-order valence-electron chi connectivity index (χ3n) is 6.00. The number of rotatable bonds is 4. The quantitative estimate of drug-likeness (QED) is 0.500. The summed E-state index contributed by atoms with van der Waals surface area (Å²) >= 11 is 3.30. The number of hydrogen-bond acceptors (Lipinski definition) is 6. The molecular formula is C24H21BrN4O5S2. The fraction of sp³-hybridized carbons (Fsp3) is 0.167. The van der Waals surface area contributed by atoms with Crippen LogP contribution in [-0.2, 0) is 20.0 Å². The summed E-state index contributed by atoms with van der Waals surface area (Å²) in [7, 11) is -7.36. The van der Waals surface area contributed by atoms with Crippen LogP contribution in [0.2, 0.25) is 0 Å². The van der Waals surface area contributed by atoms with Gasteiger partial charge >= 0.3 is 0 Å². The van der Waals surface area contributed by atoms with Gasteiger partial charge in [0.05, 0.1) is 4.90 Å². The molecule has 1 N–H and O–H groups in total. The van der Waals surface area contributed by atoms with E-state index in [-0.39, 0.29) is 47.7 Å². The number of carbonyl (C=O) groups is 1. The Balaban J connectivity index is 1.23. The second-order valence-electron chi connectivity index (χ2n) is 8.26. The molecule has 0 saturated carbocycles. The van der Waals surface area contributed by atoms with Crippen molar-refractivity contribution in [2.45, 2.75) is 9.79 Å². The summed E-state index contributed by atoms with van der Waals surface area (Å²) in [5, 5.41) is 3.01. The highest BCUT2D eigenvalue weighted by atomic mass is 79.9. The maximum atomic E-state index is 13.0. The minimum atomic E-state index is -3.73. The summed E-state index contributed by atoms with van der Waals surface area (Å²) < 4.78 is 56.3. The summed E-state index contributed by atoms with van der Waals surface area (Å²) in [6.45, 7) is 0.967. The number of hydrogen-bond donors (Lipinski definition) is 1. The Morgan fingerprint density at radius 3 is 2.19 bits per heavy atom. The van der Waals surface area contributed by atoms with Gasteiger partial charge in [-0.25, -0.2) is 8.42 Å². The molecule has 2 heterocycles. The van der Waals surface area contributed by atoms with Gasteiger partial charge in [-0.05, 0) is 60.7 Å². The van der Waals surface area contributed by atoms with Crippen molar-refractivity contribution >= 4 is 53.4 Å². The average molecular weight is 589 g/mol. The van der Waals surface area contributed by atoms with Crippen LogP contribution in [0.1, 0.15) is 15.9 Å². The van der Waals surface area contributed by atoms with E-state index in [1.807, 2.05) is 0 Å². The number of piperazine rings is 1. The lowest BCUT2D eigenvalue weighted by Gasteiger charge is -2.34. The van der Waals surface area contributed by atoms with Crippen LogP contribution in [0.3, 0.4) is 0 Å². The van der Waals surface area contributed by atoms with Gasteiger partial charge in [0, 0.05) is 47.5 Å². The minimum Gasteiger partial charge on any atom is -0.339 e. The monoisotopic (exact) mass is 588 g/mol. The third-order valence-corrected chi connectivity index (χ3v) is 9.78. The van der Waals surface area contributed by atoms with Gasteiger partial charge < -0.3 is 10.2 Å². The molecular weight excluding hydrogens is 568 g/mol. The van der Waals surface area contributed by atoms with Crippen LogP contribution in [0, 0.1) is 0 Å². The van der Waals surface area contributed by atoms with Gasteiger partial charge in [-0.2, -0.15) is 12.7 Å². The van der Waals surface area contributed by atoms with Crippen LogP contribution < -0.4 is 5.32 Å². The van der Waals surface area contributed by atoms with Crippen LogP contribution in [-0.4, -0.2) is 64.0 Å². The smallest absolute Gasteiger partial charge is 0.285 e. The van der Waals surface area contributed by atoms with Gasteiger partial charge in [-0.1, -0.05) is 28.1 Å². The average Bonchev–Trinajstić information content (AvgIpc) is 3.14. The van der Waals surface area contributed by atoms with Gasteiger partial charge in [-0.3, -0.25) is 4.79 Å². The van der Waals surface area contributed by atoms with E-state index in [9.17, 15) is 21.6 Å². The first-order chi connectivity index (χ1) is 17.1. The Hall–Kier alpha value is -3.06. The number of halogens is 1. The van der Waals surface area contributed by atoms with E-state index in [1.54, 1.807) is 71.6 Å². The molecule has 2 aliphatic heterocycles. The zero-order valence-electron chi connectivity index (χ0n) is 18.8. The second kappa shape index (κ2) is 9.43. The summed E-state index contributed by atoms with van der Waals surface area (Å²) in [4.78, 5) is 15.0. The Bertz CT molecular complexity index is 1560. The van der Waals surface area contributed by atoms with Crippen LogP contribution >= 0.6 is 15.9 Å². The Kier molecular flexibility index (Phi) is 6.45. The highest BCUT2D eigenvalue weighted by molar-refractivity contribution is 9.10. The molecule has 3 aromatic rings. The van der Waals surface area contributed by atoms with Gasteiger partial charge in [0.2, 0.25) is 10.0 Å². The van der Waals surface area contributed by atoms with E-state index in [4.69, 9.17) is 0 Å². The standard InChI is InChI=1S/C24H21BrN4O5S2/c25-18-7-11-20(12-8-18)36(33,34)29-15-13-28(14-16-29)24(30)17-5-9-19(10-6-17)26-23-21-3-1-2-4-22(21)35(31,32)27-23/h1-12H,13-16H2,(H,26,27). The predicted octanol–water partition coefficient (Wildman–Crippen LogP) is 3.16. The van der Waals surface area contributed by atoms with Crippen LogP contribution in [0.15, 0.2) is 91.5 Å². The van der Waals surface area contributed by atoms with Crippen molar-refractivity contribution in [2.75, 3.05) is 31.5 Å². The maximum Gasteiger partial charge on any atom is 0.285 e. The minimum absolute atomic E-state index is 0.153. The molecule has 0 spiro atoms. The fourth-order valence-electron chi connectivity index (χ4n) is 4.10. The molecule has 186 valence electrons. The van der Waals surface area contributed by atoms with Gasteiger partial charge in [0.15, 0.2) is 5.84 Å². The van der Waals surface area contributed by atoms with Crippen LogP contribution in [0.5, 0.6) is 0 Å². The molecule has 2 aliphatic rings. The summed E-state index contributed by atoms with van der Waals surface area (Å²) in [5.74, 6) is 0.0288. The number of benzene rings is 3. The molecule has 36 heavy (non-hydrogen) atoms. The molecule has 12 heteroatoms. The van der Waals surface area contributed by atoms with E-state index in [2.05, 4.69) is 25.6 Å². The largest absolute Gasteiger partial charge is 0.339 e. The van der Waals surface area contributed by atoms with Crippen molar-refractivity contribution in [1.82, 2.24) is 9.21 Å². The number of amides is 1. The lowest BCUT2D eigenvalue weighted by Crippen LogP contribution is -2.50. The lowest BCUT2D eigenvalue weighted by molar-refractivity contribution is 0.0698. The van der Waals surface area contributed by atoms with Crippen LogP contribution in [0.4, 0.5) is 5.69 Å². The number of nitrogens with one attached hydrogen (secondary N) is 1. The molecule has 0 unspecified atom stereocenters. The van der Waals surface area contributed by atoms with E-state index in [1.165, 1.54) is 10.4 Å². The van der Waals surface area contributed by atoms with Gasteiger partial charge in [0.1, 0.15) is 4.90 Å². The summed E-state index contributed by atoms with van der Waals surface area (Å²) in [5.41, 5.74) is 1.53. The zero-order chi connectivity index (χ0) is 25.5. The highest BCUT2D eigenvalue weighted by Gasteiger charge is 2.31. The first-order valence-corrected chi connectivity index (χ1v) is 14.7. The Morgan fingerprint density at radius 1 is 0.889 bits per heavy atom. The number of amidine groups is 1. The number of anilines is 1. The topological polar surface area (TPSA) is 116 Å². The van der Waals surface area contributed by atoms with Crippen molar-refractivity contribution in [3.05, 3.63) is 88.4 Å². The van der Waals surface area contributed by atoms with E-state index in [0.29, 0.717) is 16.8 Å². The lowest BCUT2D eigenvalue weighted by atomic mass is 10.1. The first-order valence-electron chi connectivity index (χ1n) is 11.0. The molecule has 0 atom stereocenters. The number of sulfonamides is 2. The summed E-state index contributed by atoms with van der Waals surface area (Å²) in [6.07, 6.45) is 0. The van der Waals surface area contributed by atoms with Crippen molar-refractivity contribution in [2.24, 2.45) is 4.40 Å². The van der Waals surface area contributed by atoms with E-state index < -0.39 is 20.0 Å². The molecule has 9 nitrogen and oxygen atoms in total. The molecule has 1 fully saturated rings. The number of nitrogens with zero attached hydrogens (tertiary/aromatic N) is 3. The predicted molar refractivity (Wildman–Crippen MR) is 139 cm³/mol. The molecule has 3 aromatic carbocycles. The van der Waals surface area contributed by atoms with Gasteiger partial charge in [-0.15, -0.1) is 4.40 Å². The molecule has 1 amide bonds.